The van der Waals surface area contributed by atoms with Gasteiger partial charge in [-0.1, -0.05) is 43.3 Å². The van der Waals surface area contributed by atoms with E-state index in [1.54, 1.807) is 4.90 Å². The van der Waals surface area contributed by atoms with Gasteiger partial charge in [-0.2, -0.15) is 4.68 Å². The van der Waals surface area contributed by atoms with Gasteiger partial charge in [0, 0.05) is 12.1 Å². The lowest BCUT2D eigenvalue weighted by molar-refractivity contribution is -0.929. The molecule has 0 amide bonds. The molecule has 0 bridgehead atoms. The first-order valence-corrected chi connectivity index (χ1v) is 8.77. The first-order chi connectivity index (χ1) is 11.2. The third kappa shape index (κ3) is 3.62. The number of piperidine rings is 1. The van der Waals surface area contributed by atoms with Crippen molar-refractivity contribution in [1.82, 2.24) is 14.3 Å². The SMILES string of the molecule is C=CCn1c(-c2ccccc2)nn(C[NH+]2CCC(C)CC2)c1=S. The van der Waals surface area contributed by atoms with Gasteiger partial charge in [0.05, 0.1) is 13.1 Å². The van der Waals surface area contributed by atoms with Crippen LogP contribution in [0.1, 0.15) is 19.8 Å². The Morgan fingerprint density at radius 2 is 2.00 bits per heavy atom. The minimum Gasteiger partial charge on any atom is -0.316 e. The molecule has 2 heterocycles. The number of likely N-dealkylation sites (tertiary alicyclic amines) is 1. The minimum atomic E-state index is 0.690. The fraction of sp³-hybridized carbons (Fsp3) is 0.444. The molecule has 1 fully saturated rings. The van der Waals surface area contributed by atoms with Gasteiger partial charge in [0.2, 0.25) is 4.77 Å². The third-order valence-corrected chi connectivity index (χ3v) is 5.05. The molecule has 122 valence electrons. The van der Waals surface area contributed by atoms with E-state index in [0.29, 0.717) is 6.54 Å². The average molecular weight is 329 g/mol. The number of hydrogen-bond donors (Lipinski definition) is 1. The Hall–Kier alpha value is -1.72. The Bertz CT molecular complexity index is 708. The molecular weight excluding hydrogens is 304 g/mol. The summed E-state index contributed by atoms with van der Waals surface area (Å²) in [4.78, 5) is 1.57. The molecule has 1 aromatic carbocycles. The van der Waals surface area contributed by atoms with E-state index in [-0.39, 0.29) is 0 Å². The van der Waals surface area contributed by atoms with Crippen molar-refractivity contribution in [2.75, 3.05) is 13.1 Å². The molecule has 23 heavy (non-hydrogen) atoms. The van der Waals surface area contributed by atoms with Crippen LogP contribution in [0.15, 0.2) is 43.0 Å². The molecule has 0 unspecified atom stereocenters. The molecule has 1 N–H and O–H groups in total. The zero-order valence-electron chi connectivity index (χ0n) is 13.7. The summed E-state index contributed by atoms with van der Waals surface area (Å²) in [6, 6.07) is 10.2. The van der Waals surface area contributed by atoms with Crippen molar-refractivity contribution in [2.45, 2.75) is 33.0 Å². The van der Waals surface area contributed by atoms with E-state index in [1.807, 2.05) is 29.0 Å². The van der Waals surface area contributed by atoms with E-state index in [0.717, 1.165) is 28.7 Å². The lowest BCUT2D eigenvalue weighted by Gasteiger charge is -2.26. The molecule has 1 aliphatic heterocycles. The third-order valence-electron chi connectivity index (χ3n) is 4.62. The van der Waals surface area contributed by atoms with Crippen LogP contribution in [0.3, 0.4) is 0 Å². The highest BCUT2D eigenvalue weighted by molar-refractivity contribution is 7.71. The van der Waals surface area contributed by atoms with E-state index >= 15 is 0 Å². The Morgan fingerprint density at radius 3 is 2.65 bits per heavy atom. The summed E-state index contributed by atoms with van der Waals surface area (Å²) in [5, 5.41) is 4.82. The minimum absolute atomic E-state index is 0.690. The van der Waals surface area contributed by atoms with Gasteiger partial charge in [-0.05, 0) is 31.0 Å². The fourth-order valence-corrected chi connectivity index (χ4v) is 3.45. The Labute approximate surface area is 143 Å². The maximum Gasteiger partial charge on any atom is 0.203 e. The summed E-state index contributed by atoms with van der Waals surface area (Å²) >= 11 is 5.67. The molecule has 0 aliphatic carbocycles. The van der Waals surface area contributed by atoms with Crippen molar-refractivity contribution in [3.8, 4) is 11.4 Å². The largest absolute Gasteiger partial charge is 0.316 e. The standard InChI is InChI=1S/C18H24N4S/c1-3-11-21-17(16-7-5-4-6-8-16)19-22(18(21)23)14-20-12-9-15(2)10-13-20/h3-8,15H,1,9-14H2,2H3/p+1. The van der Waals surface area contributed by atoms with Gasteiger partial charge in [-0.3, -0.25) is 4.57 Å². The van der Waals surface area contributed by atoms with Crippen molar-refractivity contribution < 1.29 is 4.90 Å². The summed E-state index contributed by atoms with van der Waals surface area (Å²) in [6.07, 6.45) is 4.47. The van der Waals surface area contributed by atoms with Crippen molar-refractivity contribution >= 4 is 12.2 Å². The van der Waals surface area contributed by atoms with Crippen molar-refractivity contribution in [2.24, 2.45) is 5.92 Å². The number of nitrogens with one attached hydrogen (secondary N) is 1. The van der Waals surface area contributed by atoms with Gasteiger partial charge in [0.25, 0.3) is 0 Å². The normalized spacial score (nSPS) is 21.3. The molecule has 1 aromatic heterocycles. The monoisotopic (exact) mass is 329 g/mol. The van der Waals surface area contributed by atoms with Crippen LogP contribution >= 0.6 is 12.2 Å². The molecular formula is C18H25N4S+. The van der Waals surface area contributed by atoms with Crippen LogP contribution in [0.5, 0.6) is 0 Å². The van der Waals surface area contributed by atoms with Gasteiger partial charge >= 0.3 is 0 Å². The zero-order chi connectivity index (χ0) is 16.2. The molecule has 0 atom stereocenters. The molecule has 1 saturated heterocycles. The van der Waals surface area contributed by atoms with Crippen LogP contribution in [-0.4, -0.2) is 27.4 Å². The predicted molar refractivity (Wildman–Crippen MR) is 95.8 cm³/mol. The topological polar surface area (TPSA) is 27.2 Å². The van der Waals surface area contributed by atoms with E-state index < -0.39 is 0 Å². The summed E-state index contributed by atoms with van der Waals surface area (Å²) in [7, 11) is 0. The maximum atomic E-state index is 5.67. The Morgan fingerprint density at radius 1 is 1.30 bits per heavy atom. The highest BCUT2D eigenvalue weighted by atomic mass is 32.1. The van der Waals surface area contributed by atoms with Crippen molar-refractivity contribution in [3.63, 3.8) is 0 Å². The van der Waals surface area contributed by atoms with Gasteiger partial charge in [0.1, 0.15) is 0 Å². The van der Waals surface area contributed by atoms with E-state index in [1.165, 1.54) is 25.9 Å². The first kappa shape index (κ1) is 16.1. The van der Waals surface area contributed by atoms with Gasteiger partial charge in [-0.25, -0.2) is 0 Å². The molecule has 4 nitrogen and oxygen atoms in total. The fourth-order valence-electron chi connectivity index (χ4n) is 3.18. The average Bonchev–Trinajstić information content (AvgIpc) is 2.88. The van der Waals surface area contributed by atoms with Crippen LogP contribution in [0.4, 0.5) is 0 Å². The number of nitrogens with zero attached hydrogens (tertiary/aromatic N) is 3. The molecule has 5 heteroatoms. The predicted octanol–water partition coefficient (Wildman–Crippen LogP) is 2.54. The molecule has 3 rings (SSSR count). The highest BCUT2D eigenvalue weighted by Crippen LogP contribution is 2.18. The quantitative estimate of drug-likeness (QED) is 0.674. The van der Waals surface area contributed by atoms with Crippen molar-refractivity contribution in [3.05, 3.63) is 47.8 Å². The second kappa shape index (κ2) is 7.23. The molecule has 0 saturated carbocycles. The van der Waals surface area contributed by atoms with Crippen LogP contribution in [-0.2, 0) is 13.2 Å². The molecule has 0 radical (unpaired) electrons. The maximum absolute atomic E-state index is 5.67. The number of benzene rings is 1. The summed E-state index contributed by atoms with van der Waals surface area (Å²) in [6.45, 7) is 10.2. The van der Waals surface area contributed by atoms with E-state index in [9.17, 15) is 0 Å². The molecule has 1 aliphatic rings. The number of aromatic nitrogens is 3. The molecule has 2 aromatic rings. The number of quaternary nitrogens is 1. The molecule has 0 spiro atoms. The van der Waals surface area contributed by atoms with Gasteiger partial charge < -0.3 is 4.90 Å². The summed E-state index contributed by atoms with van der Waals surface area (Å²) in [5.74, 6) is 1.78. The lowest BCUT2D eigenvalue weighted by atomic mass is 10.00. The van der Waals surface area contributed by atoms with Gasteiger partial charge in [-0.15, -0.1) is 11.7 Å². The second-order valence-electron chi connectivity index (χ2n) is 6.46. The first-order valence-electron chi connectivity index (χ1n) is 8.36. The summed E-state index contributed by atoms with van der Waals surface area (Å²) < 4.78 is 4.85. The summed E-state index contributed by atoms with van der Waals surface area (Å²) in [5.41, 5.74) is 1.10. The Balaban J connectivity index is 1.89. The second-order valence-corrected chi connectivity index (χ2v) is 6.83. The van der Waals surface area contributed by atoms with Crippen LogP contribution < -0.4 is 4.90 Å². The van der Waals surface area contributed by atoms with Crippen LogP contribution in [0.2, 0.25) is 0 Å². The number of rotatable bonds is 5. The lowest BCUT2D eigenvalue weighted by Crippen LogP contribution is -3.12. The number of hydrogen-bond acceptors (Lipinski definition) is 2. The van der Waals surface area contributed by atoms with Crippen LogP contribution in [0, 0.1) is 10.7 Å². The highest BCUT2D eigenvalue weighted by Gasteiger charge is 2.21. The smallest absolute Gasteiger partial charge is 0.203 e. The van der Waals surface area contributed by atoms with Crippen LogP contribution in [0.25, 0.3) is 11.4 Å². The van der Waals surface area contributed by atoms with Gasteiger partial charge in [0.15, 0.2) is 12.5 Å². The van der Waals surface area contributed by atoms with E-state index in [2.05, 4.69) is 30.2 Å². The van der Waals surface area contributed by atoms with E-state index in [4.69, 9.17) is 17.3 Å². The zero-order valence-corrected chi connectivity index (χ0v) is 14.6. The Kier molecular flexibility index (Phi) is 5.08. The van der Waals surface area contributed by atoms with Crippen molar-refractivity contribution in [1.29, 1.82) is 0 Å². The number of allylic oxidation sites excluding steroid dienone is 1.